The molecule has 0 saturated heterocycles. The summed E-state index contributed by atoms with van der Waals surface area (Å²) in [5.41, 5.74) is 1.85. The van der Waals surface area contributed by atoms with E-state index in [9.17, 15) is 9.36 Å². The van der Waals surface area contributed by atoms with Crippen LogP contribution in [0.5, 0.6) is 11.5 Å². The number of rotatable bonds is 4. The average Bonchev–Trinajstić information content (AvgIpc) is 2.54. The van der Waals surface area contributed by atoms with Crippen LogP contribution in [0.1, 0.15) is 18.1 Å². The van der Waals surface area contributed by atoms with Gasteiger partial charge in [-0.3, -0.25) is 9.79 Å². The molecule has 0 saturated carbocycles. The van der Waals surface area contributed by atoms with E-state index in [1.54, 1.807) is 30.3 Å². The Morgan fingerprint density at radius 3 is 2.40 bits per heavy atom. The molecule has 0 aliphatic heterocycles. The summed E-state index contributed by atoms with van der Waals surface area (Å²) in [6, 6.07) is 14.1. The average molecular weight is 367 g/mol. The maximum Gasteiger partial charge on any atom is 0.524 e. The molecule has 2 aromatic rings. The van der Waals surface area contributed by atoms with Crippen LogP contribution in [-0.4, -0.2) is 22.9 Å². The van der Waals surface area contributed by atoms with Gasteiger partial charge in [0.05, 0.1) is 0 Å². The van der Waals surface area contributed by atoms with Gasteiger partial charge in [-0.05, 0) is 42.7 Å². The molecule has 0 bridgehead atoms. The Kier molecular flexibility index (Phi) is 8.15. The van der Waals surface area contributed by atoms with Gasteiger partial charge in [0.15, 0.2) is 0 Å². The van der Waals surface area contributed by atoms with Crippen molar-refractivity contribution in [1.29, 1.82) is 0 Å². The molecule has 2 rings (SSSR count). The molecule has 25 heavy (non-hydrogen) atoms. The zero-order valence-corrected chi connectivity index (χ0v) is 15.2. The number of benzene rings is 2. The van der Waals surface area contributed by atoms with E-state index in [1.807, 2.05) is 26.0 Å². The zero-order chi connectivity index (χ0) is 18.9. The Hall–Kier alpha value is -2.34. The van der Waals surface area contributed by atoms with E-state index in [0.29, 0.717) is 12.2 Å². The van der Waals surface area contributed by atoms with Gasteiger partial charge in [0, 0.05) is 7.05 Å². The normalized spacial score (nSPS) is 10.3. The smallest absolute Gasteiger partial charge is 0.410 e. The molecule has 7 nitrogen and oxygen atoms in total. The number of aryl methyl sites for hydroxylation is 2. The van der Waals surface area contributed by atoms with Crippen LogP contribution in [0, 0.1) is 6.92 Å². The third-order valence-corrected chi connectivity index (χ3v) is 3.41. The number of carbonyl (C=O) groups excluding carboxylic acids is 1. The van der Waals surface area contributed by atoms with Crippen LogP contribution in [-0.2, 0) is 11.0 Å². The van der Waals surface area contributed by atoms with Gasteiger partial charge in [0.1, 0.15) is 11.5 Å². The molecule has 3 N–H and O–H groups in total. The third-order valence-electron chi connectivity index (χ3n) is 2.97. The number of hydrogen-bond acceptors (Lipinski definition) is 4. The van der Waals surface area contributed by atoms with Crippen LogP contribution < -0.4 is 14.6 Å². The van der Waals surface area contributed by atoms with Crippen molar-refractivity contribution in [2.45, 2.75) is 20.3 Å². The maximum atomic E-state index is 10.8. The minimum Gasteiger partial charge on any atom is -0.410 e. The Bertz CT molecular complexity index is 743. The lowest BCUT2D eigenvalue weighted by Crippen LogP contribution is -2.21. The highest BCUT2D eigenvalue weighted by atomic mass is 31.2. The quantitative estimate of drug-likeness (QED) is 0.715. The number of para-hydroxylation sites is 1. The van der Waals surface area contributed by atoms with Crippen LogP contribution >= 0.6 is 7.82 Å². The number of carbonyl (C=O) groups is 1. The van der Waals surface area contributed by atoms with Gasteiger partial charge in [-0.1, -0.05) is 37.3 Å². The maximum absolute atomic E-state index is 10.8. The lowest BCUT2D eigenvalue weighted by Gasteiger charge is -2.09. The second kappa shape index (κ2) is 9.84. The first-order chi connectivity index (χ1) is 11.7. The molecule has 0 aliphatic rings. The summed E-state index contributed by atoms with van der Waals surface area (Å²) in [4.78, 5) is 27.9. The van der Waals surface area contributed by atoms with Crippen LogP contribution in [0.4, 0.5) is 4.79 Å². The van der Waals surface area contributed by atoms with E-state index in [4.69, 9.17) is 14.5 Å². The predicted molar refractivity (Wildman–Crippen MR) is 94.8 cm³/mol. The topological polar surface area (TPSA) is 105 Å². The van der Waals surface area contributed by atoms with Crippen LogP contribution in [0.15, 0.2) is 48.5 Å². The van der Waals surface area contributed by atoms with Crippen molar-refractivity contribution in [3.8, 4) is 11.5 Å². The number of nitrogens with one attached hydrogen (secondary N) is 1. The summed E-state index contributed by atoms with van der Waals surface area (Å²) < 4.78 is 19.9. The SMILES string of the molecule is CCc1ccccc1OP(=O)(O)O.CNC(=O)Oc1cccc(C)c1. The molecular formula is C17H22NO6P. The number of amides is 1. The van der Waals surface area contributed by atoms with Crippen molar-refractivity contribution < 1.29 is 28.4 Å². The minimum atomic E-state index is -4.43. The first-order valence-corrected chi connectivity index (χ1v) is 9.07. The molecule has 0 aromatic heterocycles. The number of phosphoric acid groups is 1. The second-order valence-electron chi connectivity index (χ2n) is 5.00. The molecule has 0 heterocycles. The predicted octanol–water partition coefficient (Wildman–Crippen LogP) is 3.43. The van der Waals surface area contributed by atoms with E-state index >= 15 is 0 Å². The highest BCUT2D eigenvalue weighted by molar-refractivity contribution is 7.46. The minimum absolute atomic E-state index is 0.248. The largest absolute Gasteiger partial charge is 0.524 e. The molecular weight excluding hydrogens is 345 g/mol. The van der Waals surface area contributed by atoms with Gasteiger partial charge in [-0.2, -0.15) is 0 Å². The summed E-state index contributed by atoms with van der Waals surface area (Å²) in [6.07, 6.45) is 0.233. The third kappa shape index (κ3) is 8.35. The van der Waals surface area contributed by atoms with Crippen molar-refractivity contribution in [1.82, 2.24) is 5.32 Å². The summed E-state index contributed by atoms with van der Waals surface area (Å²) >= 11 is 0. The van der Waals surface area contributed by atoms with Crippen molar-refractivity contribution in [2.75, 3.05) is 7.05 Å². The molecule has 2 aromatic carbocycles. The molecule has 0 spiro atoms. The zero-order valence-electron chi connectivity index (χ0n) is 14.3. The highest BCUT2D eigenvalue weighted by Gasteiger charge is 2.17. The molecule has 0 atom stereocenters. The highest BCUT2D eigenvalue weighted by Crippen LogP contribution is 2.38. The van der Waals surface area contributed by atoms with Gasteiger partial charge in [-0.25, -0.2) is 9.36 Å². The van der Waals surface area contributed by atoms with E-state index in [0.717, 1.165) is 11.1 Å². The Morgan fingerprint density at radius 2 is 1.84 bits per heavy atom. The Labute approximate surface area is 146 Å². The summed E-state index contributed by atoms with van der Waals surface area (Å²) in [7, 11) is -2.90. The van der Waals surface area contributed by atoms with Gasteiger partial charge >= 0.3 is 13.9 Å². The fourth-order valence-electron chi connectivity index (χ4n) is 1.85. The van der Waals surface area contributed by atoms with Crippen LogP contribution in [0.25, 0.3) is 0 Å². The number of ether oxygens (including phenoxy) is 1. The summed E-state index contributed by atoms with van der Waals surface area (Å²) in [5.74, 6) is 0.813. The van der Waals surface area contributed by atoms with Gasteiger partial charge in [0.25, 0.3) is 0 Å². The molecule has 0 radical (unpaired) electrons. The van der Waals surface area contributed by atoms with Crippen molar-refractivity contribution in [3.05, 3.63) is 59.7 Å². The first kappa shape index (κ1) is 20.7. The lowest BCUT2D eigenvalue weighted by atomic mass is 10.1. The van der Waals surface area contributed by atoms with Crippen molar-refractivity contribution in [3.63, 3.8) is 0 Å². The Balaban J connectivity index is 0.000000251. The number of phosphoric ester groups is 1. The van der Waals surface area contributed by atoms with Gasteiger partial charge < -0.3 is 14.6 Å². The van der Waals surface area contributed by atoms with Gasteiger partial charge in [-0.15, -0.1) is 0 Å². The van der Waals surface area contributed by atoms with E-state index < -0.39 is 13.9 Å². The first-order valence-electron chi connectivity index (χ1n) is 7.54. The Morgan fingerprint density at radius 1 is 1.16 bits per heavy atom. The molecule has 0 unspecified atom stereocenters. The summed E-state index contributed by atoms with van der Waals surface area (Å²) in [5, 5.41) is 2.37. The van der Waals surface area contributed by atoms with E-state index in [-0.39, 0.29) is 5.75 Å². The monoisotopic (exact) mass is 367 g/mol. The fraction of sp³-hybridized carbons (Fsp3) is 0.235. The van der Waals surface area contributed by atoms with Crippen molar-refractivity contribution in [2.24, 2.45) is 0 Å². The van der Waals surface area contributed by atoms with E-state index in [2.05, 4.69) is 9.84 Å². The van der Waals surface area contributed by atoms with Gasteiger partial charge in [0.2, 0.25) is 0 Å². The van der Waals surface area contributed by atoms with E-state index in [1.165, 1.54) is 13.1 Å². The molecule has 1 amide bonds. The molecule has 136 valence electrons. The number of hydrogen-bond donors (Lipinski definition) is 3. The molecule has 0 aliphatic carbocycles. The molecule has 8 heteroatoms. The lowest BCUT2D eigenvalue weighted by molar-refractivity contribution is 0.203. The van der Waals surface area contributed by atoms with Crippen LogP contribution in [0.3, 0.4) is 0 Å². The molecule has 0 fully saturated rings. The standard InChI is InChI=1S/C9H11NO2.C8H11O4P/c1-7-4-3-5-8(6-7)12-9(11)10-2;1-2-7-5-3-4-6-8(7)12-13(9,10)11/h3-6H,1-2H3,(H,10,11);3-6H,2H2,1H3,(H2,9,10,11). The fourth-order valence-corrected chi connectivity index (χ4v) is 2.28. The van der Waals surface area contributed by atoms with Crippen molar-refractivity contribution >= 4 is 13.9 Å². The van der Waals surface area contributed by atoms with Crippen LogP contribution in [0.2, 0.25) is 0 Å². The summed E-state index contributed by atoms with van der Waals surface area (Å²) in [6.45, 7) is 3.83. The second-order valence-corrected chi connectivity index (χ2v) is 6.16.